The molecule has 4 aromatic rings. The quantitative estimate of drug-likeness (QED) is 0.546. The molecule has 3 aromatic heterocycles. The third-order valence-corrected chi connectivity index (χ3v) is 5.52. The molecule has 1 amide bonds. The lowest BCUT2D eigenvalue weighted by atomic mass is 10.2. The Hall–Kier alpha value is -3.14. The minimum absolute atomic E-state index is 0.0454. The lowest BCUT2D eigenvalue weighted by molar-refractivity contribution is 0.0120. The molecule has 1 saturated heterocycles. The zero-order chi connectivity index (χ0) is 19.3. The molecule has 4 heterocycles. The van der Waals surface area contributed by atoms with Crippen LogP contribution in [0.2, 0.25) is 0 Å². The van der Waals surface area contributed by atoms with Crippen molar-refractivity contribution in [3.63, 3.8) is 0 Å². The Bertz CT molecular complexity index is 1200. The summed E-state index contributed by atoms with van der Waals surface area (Å²) in [4.78, 5) is 18.1. The molecule has 5 rings (SSSR count). The van der Waals surface area contributed by atoms with Crippen LogP contribution in [0.1, 0.15) is 16.9 Å². The van der Waals surface area contributed by atoms with E-state index in [0.717, 1.165) is 33.0 Å². The van der Waals surface area contributed by atoms with Gasteiger partial charge in [-0.3, -0.25) is 14.9 Å². The van der Waals surface area contributed by atoms with Crippen LogP contribution in [-0.2, 0) is 0 Å². The van der Waals surface area contributed by atoms with Crippen LogP contribution in [0.4, 0.5) is 20.3 Å². The maximum Gasteiger partial charge on any atom is 0.274 e. The normalized spacial score (nSPS) is 16.1. The van der Waals surface area contributed by atoms with Gasteiger partial charge < -0.3 is 10.2 Å². The predicted octanol–water partition coefficient (Wildman–Crippen LogP) is 3.79. The van der Waals surface area contributed by atoms with Crippen molar-refractivity contribution in [2.75, 3.05) is 18.4 Å². The van der Waals surface area contributed by atoms with E-state index in [-0.39, 0.29) is 18.7 Å². The van der Waals surface area contributed by atoms with Crippen LogP contribution in [0.3, 0.4) is 0 Å². The summed E-state index contributed by atoms with van der Waals surface area (Å²) in [6.45, 7) is -0.506. The number of pyridine rings is 1. The number of halogens is 2. The monoisotopic (exact) mass is 400 g/mol. The number of hydrogen-bond donors (Lipinski definition) is 2. The smallest absolute Gasteiger partial charge is 0.274 e. The summed E-state index contributed by atoms with van der Waals surface area (Å²) < 4.78 is 31.8. The summed E-state index contributed by atoms with van der Waals surface area (Å²) in [5, 5.41) is 11.0. The zero-order valence-electron chi connectivity index (χ0n) is 14.4. The molecule has 1 fully saturated rings. The molecule has 0 atom stereocenters. The molecule has 0 aliphatic carbocycles. The fraction of sp³-hybridized carbons (Fsp3) is 0.222. The number of anilines is 2. The zero-order valence-corrected chi connectivity index (χ0v) is 15.3. The third-order valence-electron chi connectivity index (χ3n) is 4.71. The number of nitrogens with one attached hydrogen (secondary N) is 2. The average Bonchev–Trinajstić information content (AvgIpc) is 3.38. The summed E-state index contributed by atoms with van der Waals surface area (Å²) in [7, 11) is 0. The van der Waals surface area contributed by atoms with Gasteiger partial charge in [0.15, 0.2) is 5.82 Å². The van der Waals surface area contributed by atoms with Crippen LogP contribution in [0, 0.1) is 0 Å². The number of hydrogen-bond acceptors (Lipinski definition) is 6. The SMILES string of the molecule is O=C(c1nsc2cc(Nc3n[nH]c4cccnc34)ccc12)N1CCC(F)(F)C1. The van der Waals surface area contributed by atoms with E-state index in [0.29, 0.717) is 11.2 Å². The molecule has 0 radical (unpaired) electrons. The lowest BCUT2D eigenvalue weighted by Crippen LogP contribution is -2.31. The van der Waals surface area contributed by atoms with E-state index in [1.165, 1.54) is 4.90 Å². The van der Waals surface area contributed by atoms with Gasteiger partial charge in [-0.2, -0.15) is 9.47 Å². The number of aromatic amines is 1. The Morgan fingerprint density at radius 3 is 3.04 bits per heavy atom. The molecule has 2 N–H and O–H groups in total. The van der Waals surface area contributed by atoms with Crippen molar-refractivity contribution in [2.45, 2.75) is 12.3 Å². The Morgan fingerprint density at radius 1 is 1.32 bits per heavy atom. The van der Waals surface area contributed by atoms with Crippen LogP contribution < -0.4 is 5.32 Å². The molecule has 142 valence electrons. The molecule has 28 heavy (non-hydrogen) atoms. The number of benzene rings is 1. The molecule has 1 aliphatic rings. The van der Waals surface area contributed by atoms with Gasteiger partial charge in [-0.25, -0.2) is 8.78 Å². The highest BCUT2D eigenvalue weighted by Crippen LogP contribution is 2.32. The summed E-state index contributed by atoms with van der Waals surface area (Å²) >= 11 is 1.16. The first-order chi connectivity index (χ1) is 13.5. The summed E-state index contributed by atoms with van der Waals surface area (Å²) in [5.74, 6) is -2.68. The van der Waals surface area contributed by atoms with E-state index in [1.54, 1.807) is 18.3 Å². The van der Waals surface area contributed by atoms with Gasteiger partial charge in [-0.1, -0.05) is 0 Å². The number of alkyl halides is 2. The number of amides is 1. The second-order valence-electron chi connectivity index (χ2n) is 6.67. The predicted molar refractivity (Wildman–Crippen MR) is 102 cm³/mol. The molecule has 1 aliphatic heterocycles. The highest BCUT2D eigenvalue weighted by Gasteiger charge is 2.41. The number of aromatic nitrogens is 4. The van der Waals surface area contributed by atoms with Gasteiger partial charge >= 0.3 is 0 Å². The standard InChI is InChI=1S/C18H14F2N6OS/c19-18(20)5-7-26(9-18)17(27)14-11-4-3-10(8-13(11)28-25-14)22-16-15-12(23-24-16)2-1-6-21-15/h1-4,6,8H,5,7,9H2,(H2,22,23,24). The Kier molecular flexibility index (Phi) is 3.76. The first-order valence-corrected chi connectivity index (χ1v) is 9.40. The van der Waals surface area contributed by atoms with Crippen molar-refractivity contribution >= 4 is 50.1 Å². The van der Waals surface area contributed by atoms with Gasteiger partial charge in [0.05, 0.1) is 16.8 Å². The van der Waals surface area contributed by atoms with E-state index in [2.05, 4.69) is 24.9 Å². The van der Waals surface area contributed by atoms with Crippen molar-refractivity contribution in [1.82, 2.24) is 24.5 Å². The second-order valence-corrected chi connectivity index (χ2v) is 7.48. The number of H-pyrrole nitrogens is 1. The minimum atomic E-state index is -2.82. The van der Waals surface area contributed by atoms with Gasteiger partial charge in [0.25, 0.3) is 11.8 Å². The number of fused-ring (bicyclic) bond motifs is 2. The van der Waals surface area contributed by atoms with Crippen molar-refractivity contribution in [3.8, 4) is 0 Å². The summed E-state index contributed by atoms with van der Waals surface area (Å²) in [6, 6.07) is 9.13. The van der Waals surface area contributed by atoms with Crippen molar-refractivity contribution in [1.29, 1.82) is 0 Å². The number of likely N-dealkylation sites (tertiary alicyclic amines) is 1. The lowest BCUT2D eigenvalue weighted by Gasteiger charge is -2.14. The van der Waals surface area contributed by atoms with E-state index < -0.39 is 18.4 Å². The van der Waals surface area contributed by atoms with Gasteiger partial charge in [0.2, 0.25) is 0 Å². The molecular weight excluding hydrogens is 386 g/mol. The van der Waals surface area contributed by atoms with Gasteiger partial charge in [0.1, 0.15) is 11.2 Å². The van der Waals surface area contributed by atoms with Crippen molar-refractivity contribution < 1.29 is 13.6 Å². The van der Waals surface area contributed by atoms with Crippen LogP contribution >= 0.6 is 11.5 Å². The largest absolute Gasteiger partial charge is 0.337 e. The first-order valence-electron chi connectivity index (χ1n) is 8.63. The average molecular weight is 400 g/mol. The van der Waals surface area contributed by atoms with E-state index in [4.69, 9.17) is 0 Å². The first kappa shape index (κ1) is 17.0. The molecule has 0 spiro atoms. The molecule has 0 saturated carbocycles. The van der Waals surface area contributed by atoms with Crippen molar-refractivity contribution in [3.05, 3.63) is 42.2 Å². The van der Waals surface area contributed by atoms with Crippen LogP contribution in [0.25, 0.3) is 21.1 Å². The van der Waals surface area contributed by atoms with E-state index >= 15 is 0 Å². The van der Waals surface area contributed by atoms with Crippen LogP contribution in [0.15, 0.2) is 36.5 Å². The second kappa shape index (κ2) is 6.20. The molecule has 10 heteroatoms. The maximum atomic E-state index is 13.4. The summed E-state index contributed by atoms with van der Waals surface area (Å²) in [6.07, 6.45) is 1.38. The molecule has 0 bridgehead atoms. The highest BCUT2D eigenvalue weighted by atomic mass is 32.1. The number of rotatable bonds is 3. The summed E-state index contributed by atoms with van der Waals surface area (Å²) in [5.41, 5.74) is 2.52. The molecule has 1 aromatic carbocycles. The Morgan fingerprint density at radius 2 is 2.21 bits per heavy atom. The van der Waals surface area contributed by atoms with Gasteiger partial charge in [0, 0.05) is 30.2 Å². The van der Waals surface area contributed by atoms with E-state index in [1.807, 2.05) is 18.2 Å². The van der Waals surface area contributed by atoms with Crippen LogP contribution in [0.5, 0.6) is 0 Å². The van der Waals surface area contributed by atoms with E-state index in [9.17, 15) is 13.6 Å². The molecule has 0 unspecified atom stereocenters. The fourth-order valence-electron chi connectivity index (χ4n) is 3.31. The number of carbonyl (C=O) groups excluding carboxylic acids is 1. The number of carbonyl (C=O) groups is 1. The highest BCUT2D eigenvalue weighted by molar-refractivity contribution is 7.13. The maximum absolute atomic E-state index is 13.4. The van der Waals surface area contributed by atoms with Crippen molar-refractivity contribution in [2.24, 2.45) is 0 Å². The van der Waals surface area contributed by atoms with Gasteiger partial charge in [-0.15, -0.1) is 0 Å². The Balaban J connectivity index is 1.43. The third kappa shape index (κ3) is 2.85. The topological polar surface area (TPSA) is 86.8 Å². The minimum Gasteiger partial charge on any atom is -0.337 e. The molecular formula is C18H14F2N6OS. The van der Waals surface area contributed by atoms with Crippen LogP contribution in [-0.4, -0.2) is 49.4 Å². The number of nitrogens with zero attached hydrogens (tertiary/aromatic N) is 4. The molecule has 7 nitrogen and oxygen atoms in total. The Labute approximate surface area is 161 Å². The fourth-order valence-corrected chi connectivity index (χ4v) is 4.11. The van der Waals surface area contributed by atoms with Gasteiger partial charge in [-0.05, 0) is 41.9 Å².